The lowest BCUT2D eigenvalue weighted by atomic mass is 10.1. The first-order valence-corrected chi connectivity index (χ1v) is 7.07. The summed E-state index contributed by atoms with van der Waals surface area (Å²) in [5.41, 5.74) is 1.14. The van der Waals surface area contributed by atoms with Crippen LogP contribution in [-0.4, -0.2) is 47.0 Å². The number of nitrogens with zero attached hydrogens (tertiary/aromatic N) is 3. The van der Waals surface area contributed by atoms with E-state index in [-0.39, 0.29) is 0 Å². The minimum Gasteiger partial charge on any atom is -0.314 e. The van der Waals surface area contributed by atoms with Crippen molar-refractivity contribution in [3.05, 3.63) is 34.8 Å². The van der Waals surface area contributed by atoms with Crippen LogP contribution in [0.1, 0.15) is 5.82 Å². The molecule has 3 heterocycles. The second kappa shape index (κ2) is 4.99. The van der Waals surface area contributed by atoms with Crippen molar-refractivity contribution in [2.75, 3.05) is 26.7 Å². The largest absolute Gasteiger partial charge is 0.314 e. The molecule has 0 radical (unpaired) electrons. The molecule has 2 aromatic rings. The number of aromatic nitrogens is 2. The number of fused-ring (bicyclic) bond motifs is 1. The second-order valence-electron chi connectivity index (χ2n) is 4.82. The molecule has 1 aliphatic heterocycles. The Hall–Kier alpha value is -0.910. The van der Waals surface area contributed by atoms with Gasteiger partial charge in [0.05, 0.1) is 5.52 Å². The average Bonchev–Trinajstić information content (AvgIpc) is 2.70. The molecule has 0 spiro atoms. The van der Waals surface area contributed by atoms with Gasteiger partial charge in [0.15, 0.2) is 0 Å². The third-order valence-electron chi connectivity index (χ3n) is 3.64. The minimum atomic E-state index is 0.524. The van der Waals surface area contributed by atoms with Gasteiger partial charge in [0.2, 0.25) is 0 Å². The Kier molecular flexibility index (Phi) is 3.37. The lowest BCUT2D eigenvalue weighted by molar-refractivity contribution is 0.197. The zero-order chi connectivity index (χ0) is 12.5. The standard InChI is InChI=1S/C13H17BrN4/c1-17-7-5-15-9-10(17)8-12-16-13(14)11-4-2-3-6-18(11)12/h2-4,6,10,15H,5,7-9H2,1H3. The number of imidazole rings is 1. The van der Waals surface area contributed by atoms with Crippen LogP contribution < -0.4 is 5.32 Å². The van der Waals surface area contributed by atoms with Gasteiger partial charge < -0.3 is 14.6 Å². The number of halogens is 1. The molecule has 5 heteroatoms. The van der Waals surface area contributed by atoms with E-state index in [0.717, 1.165) is 42.0 Å². The van der Waals surface area contributed by atoms with Crippen molar-refractivity contribution in [2.45, 2.75) is 12.5 Å². The molecular formula is C13H17BrN4. The molecule has 96 valence electrons. The molecule has 18 heavy (non-hydrogen) atoms. The molecule has 4 nitrogen and oxygen atoms in total. The zero-order valence-electron chi connectivity index (χ0n) is 10.4. The van der Waals surface area contributed by atoms with Crippen LogP contribution in [0.5, 0.6) is 0 Å². The fraction of sp³-hybridized carbons (Fsp3) is 0.462. The smallest absolute Gasteiger partial charge is 0.132 e. The first-order chi connectivity index (χ1) is 8.75. The number of rotatable bonds is 2. The van der Waals surface area contributed by atoms with Crippen LogP contribution in [0.15, 0.2) is 29.0 Å². The lowest BCUT2D eigenvalue weighted by Gasteiger charge is -2.32. The van der Waals surface area contributed by atoms with Gasteiger partial charge in [-0.2, -0.15) is 0 Å². The maximum absolute atomic E-state index is 4.64. The first-order valence-electron chi connectivity index (χ1n) is 6.28. The quantitative estimate of drug-likeness (QED) is 0.913. The molecule has 1 atom stereocenters. The molecule has 1 aliphatic rings. The summed E-state index contributed by atoms with van der Waals surface area (Å²) in [6.07, 6.45) is 3.05. The van der Waals surface area contributed by atoms with Crippen LogP contribution in [0.4, 0.5) is 0 Å². The van der Waals surface area contributed by atoms with E-state index in [0.29, 0.717) is 6.04 Å². The number of hydrogen-bond acceptors (Lipinski definition) is 3. The molecule has 2 aromatic heterocycles. The molecule has 0 bridgehead atoms. The average molecular weight is 309 g/mol. The summed E-state index contributed by atoms with van der Waals surface area (Å²) in [5, 5.41) is 3.45. The molecule has 1 unspecified atom stereocenters. The van der Waals surface area contributed by atoms with Gasteiger partial charge in [-0.05, 0) is 35.1 Å². The summed E-state index contributed by atoms with van der Waals surface area (Å²) in [4.78, 5) is 7.05. The van der Waals surface area contributed by atoms with Gasteiger partial charge in [-0.25, -0.2) is 4.98 Å². The van der Waals surface area contributed by atoms with Crippen molar-refractivity contribution in [1.82, 2.24) is 19.6 Å². The van der Waals surface area contributed by atoms with E-state index in [1.54, 1.807) is 0 Å². The van der Waals surface area contributed by atoms with Crippen LogP contribution >= 0.6 is 15.9 Å². The third-order valence-corrected chi connectivity index (χ3v) is 4.22. The lowest BCUT2D eigenvalue weighted by Crippen LogP contribution is -2.50. The number of nitrogens with one attached hydrogen (secondary N) is 1. The molecular weight excluding hydrogens is 292 g/mol. The van der Waals surface area contributed by atoms with Crippen molar-refractivity contribution < 1.29 is 0 Å². The van der Waals surface area contributed by atoms with E-state index in [9.17, 15) is 0 Å². The van der Waals surface area contributed by atoms with Crippen molar-refractivity contribution in [3.8, 4) is 0 Å². The van der Waals surface area contributed by atoms with E-state index in [4.69, 9.17) is 0 Å². The maximum Gasteiger partial charge on any atom is 0.132 e. The monoisotopic (exact) mass is 308 g/mol. The fourth-order valence-corrected chi connectivity index (χ4v) is 3.03. The predicted octanol–water partition coefficient (Wildman–Crippen LogP) is 1.54. The van der Waals surface area contributed by atoms with E-state index in [2.05, 4.69) is 54.8 Å². The summed E-state index contributed by atoms with van der Waals surface area (Å²) < 4.78 is 3.11. The van der Waals surface area contributed by atoms with Gasteiger partial charge in [-0.15, -0.1) is 0 Å². The van der Waals surface area contributed by atoms with Gasteiger partial charge in [0, 0.05) is 38.3 Å². The summed E-state index contributed by atoms with van der Waals surface area (Å²) in [7, 11) is 2.19. The van der Waals surface area contributed by atoms with Gasteiger partial charge in [0.1, 0.15) is 10.4 Å². The van der Waals surface area contributed by atoms with Crippen molar-refractivity contribution in [1.29, 1.82) is 0 Å². The summed E-state index contributed by atoms with van der Waals surface area (Å²) in [6, 6.07) is 6.70. The number of likely N-dealkylation sites (N-methyl/N-ethyl adjacent to an activating group) is 1. The van der Waals surface area contributed by atoms with Gasteiger partial charge >= 0.3 is 0 Å². The van der Waals surface area contributed by atoms with Crippen molar-refractivity contribution >= 4 is 21.4 Å². The van der Waals surface area contributed by atoms with E-state index in [1.165, 1.54) is 0 Å². The number of pyridine rings is 1. The summed E-state index contributed by atoms with van der Waals surface area (Å²) >= 11 is 3.54. The molecule has 0 aliphatic carbocycles. The number of hydrogen-bond donors (Lipinski definition) is 1. The molecule has 1 fully saturated rings. The Balaban J connectivity index is 1.90. The zero-order valence-corrected chi connectivity index (χ0v) is 12.0. The molecule has 0 aromatic carbocycles. The highest BCUT2D eigenvalue weighted by Gasteiger charge is 2.21. The molecule has 0 amide bonds. The van der Waals surface area contributed by atoms with Crippen LogP contribution in [0.2, 0.25) is 0 Å². The van der Waals surface area contributed by atoms with E-state index >= 15 is 0 Å². The highest BCUT2D eigenvalue weighted by molar-refractivity contribution is 9.10. The van der Waals surface area contributed by atoms with Crippen LogP contribution in [0, 0.1) is 0 Å². The molecule has 1 N–H and O–H groups in total. The van der Waals surface area contributed by atoms with Crippen LogP contribution in [-0.2, 0) is 6.42 Å². The molecule has 1 saturated heterocycles. The van der Waals surface area contributed by atoms with Gasteiger partial charge in [-0.3, -0.25) is 0 Å². The Morgan fingerprint density at radius 1 is 1.50 bits per heavy atom. The SMILES string of the molecule is CN1CCNCC1Cc1nc(Br)c2ccccn12. The topological polar surface area (TPSA) is 32.6 Å². The Bertz CT molecular complexity index is 551. The second-order valence-corrected chi connectivity index (χ2v) is 5.57. The Morgan fingerprint density at radius 2 is 2.39 bits per heavy atom. The predicted molar refractivity (Wildman–Crippen MR) is 75.9 cm³/mol. The highest BCUT2D eigenvalue weighted by atomic mass is 79.9. The summed E-state index contributed by atoms with van der Waals surface area (Å²) in [6.45, 7) is 3.23. The normalized spacial score (nSPS) is 21.6. The summed E-state index contributed by atoms with van der Waals surface area (Å²) in [5.74, 6) is 1.12. The van der Waals surface area contributed by atoms with Crippen LogP contribution in [0.3, 0.4) is 0 Å². The van der Waals surface area contributed by atoms with E-state index < -0.39 is 0 Å². The Labute approximate surface area is 115 Å². The fourth-order valence-electron chi connectivity index (χ4n) is 2.51. The molecule has 0 saturated carbocycles. The van der Waals surface area contributed by atoms with Gasteiger partial charge in [-0.1, -0.05) is 6.07 Å². The first kappa shape index (κ1) is 12.1. The number of piperazine rings is 1. The van der Waals surface area contributed by atoms with Crippen LogP contribution in [0.25, 0.3) is 5.52 Å². The highest BCUT2D eigenvalue weighted by Crippen LogP contribution is 2.20. The molecule has 3 rings (SSSR count). The van der Waals surface area contributed by atoms with Gasteiger partial charge in [0.25, 0.3) is 0 Å². The Morgan fingerprint density at radius 3 is 3.22 bits per heavy atom. The van der Waals surface area contributed by atoms with E-state index in [1.807, 2.05) is 12.1 Å². The van der Waals surface area contributed by atoms with Crippen molar-refractivity contribution in [3.63, 3.8) is 0 Å². The maximum atomic E-state index is 4.64. The third kappa shape index (κ3) is 2.18. The van der Waals surface area contributed by atoms with Crippen molar-refractivity contribution in [2.24, 2.45) is 0 Å². The minimum absolute atomic E-state index is 0.524.